The third-order valence-corrected chi connectivity index (χ3v) is 6.35. The summed E-state index contributed by atoms with van der Waals surface area (Å²) in [6, 6.07) is 12.7. The highest BCUT2D eigenvalue weighted by Crippen LogP contribution is 2.29. The first-order valence-corrected chi connectivity index (χ1v) is 10.9. The van der Waals surface area contributed by atoms with Crippen molar-refractivity contribution >= 4 is 17.0 Å². The first kappa shape index (κ1) is 19.8. The number of hydrogen-bond donors (Lipinski definition) is 0. The number of methoxy groups -OCH3 is 1. The molecule has 29 heavy (non-hydrogen) atoms. The first-order valence-electron chi connectivity index (χ1n) is 10.1. The third kappa shape index (κ3) is 4.43. The SMILES string of the molecule is COc1ccc(N2CCN(C(c3nnnn3Cc3cccs3)C(C)C)CC2)cc1. The normalized spacial score (nSPS) is 16.3. The van der Waals surface area contributed by atoms with Crippen LogP contribution in [0.1, 0.15) is 30.6 Å². The molecule has 1 aliphatic rings. The lowest BCUT2D eigenvalue weighted by Gasteiger charge is -2.41. The smallest absolute Gasteiger partial charge is 0.169 e. The maximum Gasteiger partial charge on any atom is 0.169 e. The van der Waals surface area contributed by atoms with Crippen molar-refractivity contribution in [2.24, 2.45) is 5.92 Å². The van der Waals surface area contributed by atoms with Crippen LogP contribution in [0.3, 0.4) is 0 Å². The van der Waals surface area contributed by atoms with E-state index in [2.05, 4.69) is 68.8 Å². The van der Waals surface area contributed by atoms with E-state index in [0.717, 1.165) is 44.3 Å². The minimum atomic E-state index is 0.211. The number of benzene rings is 1. The highest BCUT2D eigenvalue weighted by atomic mass is 32.1. The quantitative estimate of drug-likeness (QED) is 0.593. The molecule has 0 radical (unpaired) electrons. The van der Waals surface area contributed by atoms with Gasteiger partial charge in [-0.3, -0.25) is 4.90 Å². The van der Waals surface area contributed by atoms with Crippen LogP contribution >= 0.6 is 11.3 Å². The molecule has 4 rings (SSSR count). The van der Waals surface area contributed by atoms with Gasteiger partial charge in [0.15, 0.2) is 5.82 Å². The molecular weight excluding hydrogens is 384 g/mol. The summed E-state index contributed by atoms with van der Waals surface area (Å²) in [4.78, 5) is 6.23. The lowest BCUT2D eigenvalue weighted by Crippen LogP contribution is -2.49. The molecule has 2 aromatic heterocycles. The molecule has 0 amide bonds. The molecule has 1 aromatic carbocycles. The summed E-state index contributed by atoms with van der Waals surface area (Å²) in [5, 5.41) is 14.8. The van der Waals surface area contributed by atoms with E-state index in [9.17, 15) is 0 Å². The van der Waals surface area contributed by atoms with Crippen LogP contribution in [0.2, 0.25) is 0 Å². The van der Waals surface area contributed by atoms with E-state index in [1.807, 2.05) is 16.8 Å². The average Bonchev–Trinajstić information content (AvgIpc) is 3.42. The Hall–Kier alpha value is -2.45. The third-order valence-electron chi connectivity index (χ3n) is 5.49. The molecule has 8 heteroatoms. The predicted molar refractivity (Wildman–Crippen MR) is 116 cm³/mol. The molecule has 3 heterocycles. The Bertz CT molecular complexity index is 884. The molecule has 7 nitrogen and oxygen atoms in total. The van der Waals surface area contributed by atoms with Gasteiger partial charge in [-0.15, -0.1) is 16.4 Å². The van der Waals surface area contributed by atoms with E-state index in [-0.39, 0.29) is 6.04 Å². The topological polar surface area (TPSA) is 59.3 Å². The number of nitrogens with zero attached hydrogens (tertiary/aromatic N) is 6. The van der Waals surface area contributed by atoms with Crippen molar-refractivity contribution in [3.8, 4) is 5.75 Å². The van der Waals surface area contributed by atoms with Crippen LogP contribution in [0.4, 0.5) is 5.69 Å². The zero-order valence-electron chi connectivity index (χ0n) is 17.2. The van der Waals surface area contributed by atoms with Crippen LogP contribution in [0.5, 0.6) is 5.75 Å². The molecule has 1 fully saturated rings. The van der Waals surface area contributed by atoms with Crippen molar-refractivity contribution in [2.45, 2.75) is 26.4 Å². The second-order valence-electron chi connectivity index (χ2n) is 7.68. The molecule has 1 aliphatic heterocycles. The van der Waals surface area contributed by atoms with E-state index in [0.29, 0.717) is 5.92 Å². The van der Waals surface area contributed by atoms with Crippen LogP contribution in [-0.2, 0) is 6.54 Å². The molecule has 1 saturated heterocycles. The molecule has 0 N–H and O–H groups in total. The lowest BCUT2D eigenvalue weighted by atomic mass is 10.0. The van der Waals surface area contributed by atoms with Gasteiger partial charge in [0.2, 0.25) is 0 Å². The maximum absolute atomic E-state index is 5.27. The zero-order valence-corrected chi connectivity index (χ0v) is 18.0. The number of tetrazole rings is 1. The van der Waals surface area contributed by atoms with Gasteiger partial charge in [-0.05, 0) is 52.1 Å². The summed E-state index contributed by atoms with van der Waals surface area (Å²) in [5.41, 5.74) is 1.24. The largest absolute Gasteiger partial charge is 0.497 e. The van der Waals surface area contributed by atoms with Gasteiger partial charge in [0.05, 0.1) is 19.7 Å². The fraction of sp³-hybridized carbons (Fsp3) is 0.476. The fourth-order valence-corrected chi connectivity index (χ4v) is 4.71. The number of thiophene rings is 1. The van der Waals surface area contributed by atoms with Gasteiger partial charge in [0.25, 0.3) is 0 Å². The Morgan fingerprint density at radius 3 is 2.45 bits per heavy atom. The minimum absolute atomic E-state index is 0.211. The zero-order chi connectivity index (χ0) is 20.2. The van der Waals surface area contributed by atoms with Crippen LogP contribution in [-0.4, -0.2) is 58.4 Å². The summed E-state index contributed by atoms with van der Waals surface area (Å²) >= 11 is 1.74. The molecule has 1 unspecified atom stereocenters. The Balaban J connectivity index is 1.46. The van der Waals surface area contributed by atoms with Crippen LogP contribution in [0, 0.1) is 5.92 Å². The van der Waals surface area contributed by atoms with Crippen LogP contribution < -0.4 is 9.64 Å². The molecule has 154 valence electrons. The molecule has 3 aromatic rings. The number of aromatic nitrogens is 4. The lowest BCUT2D eigenvalue weighted by molar-refractivity contribution is 0.135. The standard InChI is InChI=1S/C21H28N6OS/c1-16(2)20(21-22-23-24-27(21)15-19-5-4-14-29-19)26-12-10-25(11-13-26)17-6-8-18(28-3)9-7-17/h4-9,14,16,20H,10-13,15H2,1-3H3. The van der Waals surface area contributed by atoms with Gasteiger partial charge in [0, 0.05) is 36.7 Å². The second kappa shape index (κ2) is 8.92. The first-order chi connectivity index (χ1) is 14.2. The fourth-order valence-electron chi connectivity index (χ4n) is 4.02. The highest BCUT2D eigenvalue weighted by Gasteiger charge is 2.31. The van der Waals surface area contributed by atoms with Gasteiger partial charge < -0.3 is 9.64 Å². The van der Waals surface area contributed by atoms with Gasteiger partial charge in [-0.25, -0.2) is 4.68 Å². The highest BCUT2D eigenvalue weighted by molar-refractivity contribution is 7.09. The van der Waals surface area contributed by atoms with Gasteiger partial charge in [-0.1, -0.05) is 19.9 Å². The average molecular weight is 413 g/mol. The number of anilines is 1. The van der Waals surface area contributed by atoms with Crippen molar-refractivity contribution in [1.29, 1.82) is 0 Å². The van der Waals surface area contributed by atoms with E-state index in [1.165, 1.54) is 10.6 Å². The molecule has 0 aliphatic carbocycles. The summed E-state index contributed by atoms with van der Waals surface area (Å²) < 4.78 is 7.24. The van der Waals surface area contributed by atoms with Crippen molar-refractivity contribution in [1.82, 2.24) is 25.1 Å². The summed E-state index contributed by atoms with van der Waals surface area (Å²) in [5.74, 6) is 2.28. The van der Waals surface area contributed by atoms with Gasteiger partial charge >= 0.3 is 0 Å². The van der Waals surface area contributed by atoms with Crippen molar-refractivity contribution in [3.63, 3.8) is 0 Å². The van der Waals surface area contributed by atoms with E-state index in [1.54, 1.807) is 18.4 Å². The Morgan fingerprint density at radius 1 is 1.07 bits per heavy atom. The van der Waals surface area contributed by atoms with Crippen molar-refractivity contribution in [3.05, 3.63) is 52.5 Å². The number of piperazine rings is 1. The minimum Gasteiger partial charge on any atom is -0.497 e. The van der Waals surface area contributed by atoms with Gasteiger partial charge in [-0.2, -0.15) is 0 Å². The molecule has 0 bridgehead atoms. The van der Waals surface area contributed by atoms with Gasteiger partial charge in [0.1, 0.15) is 5.75 Å². The maximum atomic E-state index is 5.27. The Morgan fingerprint density at radius 2 is 1.83 bits per heavy atom. The Labute approximate surface area is 175 Å². The number of ether oxygens (including phenoxy) is 1. The summed E-state index contributed by atoms with van der Waals surface area (Å²) in [6.07, 6.45) is 0. The van der Waals surface area contributed by atoms with E-state index >= 15 is 0 Å². The van der Waals surface area contributed by atoms with Crippen molar-refractivity contribution in [2.75, 3.05) is 38.2 Å². The molecule has 0 saturated carbocycles. The van der Waals surface area contributed by atoms with Crippen molar-refractivity contribution < 1.29 is 4.74 Å². The number of rotatable bonds is 7. The van der Waals surface area contributed by atoms with E-state index < -0.39 is 0 Å². The summed E-state index contributed by atoms with van der Waals surface area (Å²) in [6.45, 7) is 9.19. The predicted octanol–water partition coefficient (Wildman–Crippen LogP) is 3.31. The monoisotopic (exact) mass is 412 g/mol. The van der Waals surface area contributed by atoms with E-state index in [4.69, 9.17) is 4.74 Å². The van der Waals surface area contributed by atoms with Crippen LogP contribution in [0.15, 0.2) is 41.8 Å². The summed E-state index contributed by atoms with van der Waals surface area (Å²) in [7, 11) is 1.70. The number of hydrogen-bond acceptors (Lipinski definition) is 7. The molecule has 1 atom stereocenters. The molecule has 0 spiro atoms. The Kier molecular flexibility index (Phi) is 6.10. The molecular formula is C21H28N6OS. The van der Waals surface area contributed by atoms with Crippen LogP contribution in [0.25, 0.3) is 0 Å². The second-order valence-corrected chi connectivity index (χ2v) is 8.72.